The Morgan fingerprint density at radius 1 is 1.14 bits per heavy atom. The number of aromatic amines is 1. The Morgan fingerprint density at radius 3 is 2.62 bits per heavy atom. The molecular formula is C14H8Cl2N2O2S. The van der Waals surface area contributed by atoms with E-state index in [2.05, 4.69) is 4.98 Å². The van der Waals surface area contributed by atoms with Crippen molar-refractivity contribution in [1.82, 2.24) is 4.98 Å². The Labute approximate surface area is 134 Å². The first-order chi connectivity index (χ1) is 10.1. The molecule has 0 radical (unpaired) electrons. The topological polar surface area (TPSA) is 53.2 Å². The van der Waals surface area contributed by atoms with Gasteiger partial charge in [0.2, 0.25) is 0 Å². The van der Waals surface area contributed by atoms with Crippen molar-refractivity contribution in [1.29, 1.82) is 0 Å². The van der Waals surface area contributed by atoms with Gasteiger partial charge in [-0.25, -0.2) is 4.90 Å². The summed E-state index contributed by atoms with van der Waals surface area (Å²) in [5, 5.41) is 0.298. The maximum Gasteiger partial charge on any atom is 0.298 e. The van der Waals surface area contributed by atoms with Crippen molar-refractivity contribution in [2.24, 2.45) is 0 Å². The van der Waals surface area contributed by atoms with Crippen molar-refractivity contribution in [2.45, 2.75) is 0 Å². The summed E-state index contributed by atoms with van der Waals surface area (Å²) in [6.07, 6.45) is 3.39. The second kappa shape index (κ2) is 5.60. The molecule has 106 valence electrons. The van der Waals surface area contributed by atoms with Crippen LogP contribution in [0.3, 0.4) is 0 Å². The molecule has 0 bridgehead atoms. The van der Waals surface area contributed by atoms with E-state index in [4.69, 9.17) is 23.2 Å². The molecule has 2 aromatic rings. The normalized spacial score (nSPS) is 17.0. The lowest BCUT2D eigenvalue weighted by atomic mass is 10.3. The predicted octanol–water partition coefficient (Wildman–Crippen LogP) is 4.56. The third-order valence-corrected chi connectivity index (χ3v) is 4.47. The number of thioether (sulfide) groups is 1. The maximum atomic E-state index is 12.4. The number of anilines is 1. The van der Waals surface area contributed by atoms with Gasteiger partial charge in [-0.05, 0) is 48.2 Å². The zero-order valence-electron chi connectivity index (χ0n) is 10.5. The smallest absolute Gasteiger partial charge is 0.298 e. The molecule has 0 spiro atoms. The van der Waals surface area contributed by atoms with E-state index in [1.807, 2.05) is 12.1 Å². The quantitative estimate of drug-likeness (QED) is 0.816. The molecule has 1 fully saturated rings. The average molecular weight is 339 g/mol. The molecular weight excluding hydrogens is 331 g/mol. The van der Waals surface area contributed by atoms with E-state index >= 15 is 0 Å². The molecule has 1 N–H and O–H groups in total. The summed E-state index contributed by atoms with van der Waals surface area (Å²) in [5.74, 6) is -0.377. The summed E-state index contributed by atoms with van der Waals surface area (Å²) in [7, 11) is 0. The van der Waals surface area contributed by atoms with Gasteiger partial charge in [0.05, 0.1) is 20.6 Å². The van der Waals surface area contributed by atoms with Crippen molar-refractivity contribution in [3.05, 3.63) is 57.2 Å². The van der Waals surface area contributed by atoms with Crippen molar-refractivity contribution in [3.63, 3.8) is 0 Å². The highest BCUT2D eigenvalue weighted by atomic mass is 35.5. The molecule has 1 aliphatic heterocycles. The largest absolute Gasteiger partial charge is 0.362 e. The zero-order valence-corrected chi connectivity index (χ0v) is 12.8. The Hall–Kier alpha value is -1.69. The van der Waals surface area contributed by atoms with Crippen LogP contribution in [0, 0.1) is 0 Å². The Morgan fingerprint density at radius 2 is 1.95 bits per heavy atom. The van der Waals surface area contributed by atoms with Crippen LogP contribution in [0.15, 0.2) is 41.4 Å². The van der Waals surface area contributed by atoms with Gasteiger partial charge in [-0.1, -0.05) is 23.2 Å². The number of H-pyrrole nitrogens is 1. The van der Waals surface area contributed by atoms with Crippen LogP contribution in [0.25, 0.3) is 6.08 Å². The van der Waals surface area contributed by atoms with Gasteiger partial charge >= 0.3 is 0 Å². The Kier molecular flexibility index (Phi) is 3.80. The fraction of sp³-hybridized carbons (Fsp3) is 0. The predicted molar refractivity (Wildman–Crippen MR) is 85.7 cm³/mol. The molecule has 0 saturated carbocycles. The summed E-state index contributed by atoms with van der Waals surface area (Å²) in [6, 6.07) is 8.26. The number of carbonyl (C=O) groups excluding carboxylic acids is 2. The van der Waals surface area contributed by atoms with Gasteiger partial charge in [-0.15, -0.1) is 0 Å². The van der Waals surface area contributed by atoms with Gasteiger partial charge in [-0.3, -0.25) is 9.59 Å². The summed E-state index contributed by atoms with van der Waals surface area (Å²) in [4.78, 5) is 28.8. The molecule has 0 atom stereocenters. The van der Waals surface area contributed by atoms with E-state index in [9.17, 15) is 9.59 Å². The van der Waals surface area contributed by atoms with Crippen molar-refractivity contribution < 1.29 is 9.59 Å². The van der Waals surface area contributed by atoms with Crippen LogP contribution >= 0.6 is 35.0 Å². The number of aromatic nitrogens is 1. The Balaban J connectivity index is 1.95. The number of amides is 2. The van der Waals surface area contributed by atoms with Gasteiger partial charge in [0, 0.05) is 11.9 Å². The minimum atomic E-state index is -0.377. The highest BCUT2D eigenvalue weighted by Gasteiger charge is 2.36. The average Bonchev–Trinajstić information content (AvgIpc) is 3.03. The number of nitrogens with zero attached hydrogens (tertiary/aromatic N) is 1. The molecule has 0 aliphatic carbocycles. The first-order valence-corrected chi connectivity index (χ1v) is 7.50. The number of hydrogen-bond donors (Lipinski definition) is 1. The minimum Gasteiger partial charge on any atom is -0.362 e. The van der Waals surface area contributed by atoms with Crippen LogP contribution in [0.5, 0.6) is 0 Å². The highest BCUT2D eigenvalue weighted by Crippen LogP contribution is 2.37. The minimum absolute atomic E-state index is 0.293. The van der Waals surface area contributed by atoms with Crippen LogP contribution in [-0.4, -0.2) is 16.1 Å². The first kappa shape index (κ1) is 14.3. The number of halogens is 2. The van der Waals surface area contributed by atoms with Crippen LogP contribution < -0.4 is 4.90 Å². The van der Waals surface area contributed by atoms with E-state index in [0.29, 0.717) is 20.6 Å². The lowest BCUT2D eigenvalue weighted by Gasteiger charge is -2.12. The lowest BCUT2D eigenvalue weighted by molar-refractivity contribution is -0.113. The van der Waals surface area contributed by atoms with Crippen molar-refractivity contribution >= 4 is 57.9 Å². The second-order valence-electron chi connectivity index (χ2n) is 4.24. The number of benzene rings is 1. The molecule has 0 unspecified atom stereocenters. The van der Waals surface area contributed by atoms with E-state index in [1.165, 1.54) is 6.07 Å². The molecule has 7 heteroatoms. The number of hydrogen-bond acceptors (Lipinski definition) is 3. The standard InChI is InChI=1S/C14H8Cl2N2O2S/c15-10-4-3-9(7-11(10)16)18-13(19)12(21-14(18)20)6-8-2-1-5-17-8/h1-7,17H/b12-6+. The van der Waals surface area contributed by atoms with Gasteiger partial charge < -0.3 is 4.98 Å². The zero-order chi connectivity index (χ0) is 15.0. The third kappa shape index (κ3) is 2.72. The highest BCUT2D eigenvalue weighted by molar-refractivity contribution is 8.19. The van der Waals surface area contributed by atoms with E-state index in [1.54, 1.807) is 24.4 Å². The molecule has 21 heavy (non-hydrogen) atoms. The number of nitrogens with one attached hydrogen (secondary N) is 1. The van der Waals surface area contributed by atoms with Crippen LogP contribution in [0.2, 0.25) is 10.0 Å². The third-order valence-electron chi connectivity index (χ3n) is 2.86. The maximum absolute atomic E-state index is 12.4. The molecule has 3 rings (SSSR count). The number of carbonyl (C=O) groups is 2. The molecule has 2 amide bonds. The molecule has 1 saturated heterocycles. The van der Waals surface area contributed by atoms with E-state index in [-0.39, 0.29) is 11.1 Å². The molecule has 1 aromatic heterocycles. The Bertz CT molecular complexity index is 756. The monoisotopic (exact) mass is 338 g/mol. The summed E-state index contributed by atoms with van der Waals surface area (Å²) in [5.41, 5.74) is 1.16. The van der Waals surface area contributed by atoms with Gasteiger partial charge in [0.1, 0.15) is 0 Å². The van der Waals surface area contributed by atoms with Crippen molar-refractivity contribution in [3.8, 4) is 0 Å². The molecule has 4 nitrogen and oxygen atoms in total. The molecule has 2 heterocycles. The fourth-order valence-electron chi connectivity index (χ4n) is 1.89. The molecule has 1 aliphatic rings. The fourth-order valence-corrected chi connectivity index (χ4v) is 3.01. The second-order valence-corrected chi connectivity index (χ2v) is 6.05. The molecule has 1 aromatic carbocycles. The summed E-state index contributed by atoms with van der Waals surface area (Å²) >= 11 is 12.7. The van der Waals surface area contributed by atoms with Crippen LogP contribution in [0.1, 0.15) is 5.69 Å². The number of imide groups is 1. The first-order valence-electron chi connectivity index (χ1n) is 5.92. The van der Waals surface area contributed by atoms with E-state index < -0.39 is 0 Å². The van der Waals surface area contributed by atoms with Gasteiger partial charge in [0.25, 0.3) is 11.1 Å². The van der Waals surface area contributed by atoms with Crippen LogP contribution in [0.4, 0.5) is 10.5 Å². The SMILES string of the molecule is O=C1S/C(=C/c2ccc[nH]2)C(=O)N1c1ccc(Cl)c(Cl)c1. The lowest BCUT2D eigenvalue weighted by Crippen LogP contribution is -2.27. The summed E-state index contributed by atoms with van der Waals surface area (Å²) in [6.45, 7) is 0. The number of rotatable bonds is 2. The van der Waals surface area contributed by atoms with Crippen molar-refractivity contribution in [2.75, 3.05) is 4.90 Å². The summed E-state index contributed by atoms with van der Waals surface area (Å²) < 4.78 is 0. The van der Waals surface area contributed by atoms with Gasteiger partial charge in [-0.2, -0.15) is 0 Å². The van der Waals surface area contributed by atoms with E-state index in [0.717, 1.165) is 22.4 Å². The van der Waals surface area contributed by atoms with Gasteiger partial charge in [0.15, 0.2) is 0 Å². The van der Waals surface area contributed by atoms with Crippen LogP contribution in [-0.2, 0) is 4.79 Å².